The second-order valence-corrected chi connectivity index (χ2v) is 7.98. The normalized spacial score (nSPS) is 11.4. The molecule has 0 atom stereocenters. The van der Waals surface area contributed by atoms with E-state index >= 15 is 0 Å². The summed E-state index contributed by atoms with van der Waals surface area (Å²) in [4.78, 5) is 25.0. The topological polar surface area (TPSA) is 106 Å². The van der Waals surface area contributed by atoms with Crippen molar-refractivity contribution in [3.63, 3.8) is 0 Å². The summed E-state index contributed by atoms with van der Waals surface area (Å²) < 4.78 is 46.7. The zero-order chi connectivity index (χ0) is 26.0. The van der Waals surface area contributed by atoms with Crippen LogP contribution in [0.1, 0.15) is 5.56 Å². The van der Waals surface area contributed by atoms with Crippen LogP contribution in [0.5, 0.6) is 11.6 Å². The van der Waals surface area contributed by atoms with E-state index in [0.717, 1.165) is 12.1 Å². The summed E-state index contributed by atoms with van der Waals surface area (Å²) >= 11 is 5.62. The predicted octanol–water partition coefficient (Wildman–Crippen LogP) is 6.29. The Morgan fingerprint density at radius 1 is 0.919 bits per heavy atom. The van der Waals surface area contributed by atoms with Crippen molar-refractivity contribution in [1.29, 1.82) is 0 Å². The van der Waals surface area contributed by atoms with Crippen LogP contribution in [0.25, 0.3) is 17.0 Å². The summed E-state index contributed by atoms with van der Waals surface area (Å²) in [6.07, 6.45) is -0.0404. The molecule has 0 unspecified atom stereocenters. The van der Waals surface area contributed by atoms with Gasteiger partial charge in [-0.25, -0.2) is 24.3 Å². The van der Waals surface area contributed by atoms with Gasteiger partial charge in [0.05, 0.1) is 28.2 Å². The molecule has 0 saturated carbocycles. The number of rotatable bonds is 5. The van der Waals surface area contributed by atoms with Crippen molar-refractivity contribution in [2.75, 3.05) is 10.6 Å². The van der Waals surface area contributed by atoms with E-state index in [1.807, 2.05) is 0 Å². The zero-order valence-corrected chi connectivity index (χ0v) is 19.3. The molecule has 2 amide bonds. The number of aromatic nitrogens is 5. The lowest BCUT2D eigenvalue weighted by Crippen LogP contribution is -2.20. The molecule has 2 N–H and O–H groups in total. The lowest BCUT2D eigenvalue weighted by atomic mass is 10.2. The van der Waals surface area contributed by atoms with Crippen molar-refractivity contribution >= 4 is 34.7 Å². The summed E-state index contributed by atoms with van der Waals surface area (Å²) in [6.45, 7) is 0. The lowest BCUT2D eigenvalue weighted by molar-refractivity contribution is -0.137. The minimum Gasteiger partial charge on any atom is -0.439 e. The molecule has 186 valence electrons. The maximum atomic E-state index is 13.1. The summed E-state index contributed by atoms with van der Waals surface area (Å²) in [5, 5.41) is 8.68. The average molecular weight is 526 g/mol. The van der Waals surface area contributed by atoms with Crippen LogP contribution >= 0.6 is 11.6 Å². The highest BCUT2D eigenvalue weighted by Crippen LogP contribution is 2.36. The molecule has 37 heavy (non-hydrogen) atoms. The van der Waals surface area contributed by atoms with Crippen LogP contribution in [0, 0.1) is 0 Å². The number of fused-ring (bicyclic) bond motifs is 1. The summed E-state index contributed by atoms with van der Waals surface area (Å²) in [6, 6.07) is 13.9. The third-order valence-corrected chi connectivity index (χ3v) is 5.37. The van der Waals surface area contributed by atoms with Gasteiger partial charge in [-0.05, 0) is 36.4 Å². The first-order valence-corrected chi connectivity index (χ1v) is 11.0. The number of urea groups is 1. The maximum Gasteiger partial charge on any atom is 0.417 e. The maximum absolute atomic E-state index is 13.1. The number of hydrogen-bond acceptors (Lipinski definition) is 6. The van der Waals surface area contributed by atoms with Gasteiger partial charge in [-0.1, -0.05) is 17.7 Å². The van der Waals surface area contributed by atoms with Crippen LogP contribution in [-0.2, 0) is 6.18 Å². The molecule has 5 rings (SSSR count). The molecular formula is C24H15ClF3N7O2. The third kappa shape index (κ3) is 5.43. The lowest BCUT2D eigenvalue weighted by Gasteiger charge is -2.13. The Hall–Kier alpha value is -4.71. The molecule has 5 aromatic rings. The number of carbonyl (C=O) groups is 1. The second kappa shape index (κ2) is 9.74. The van der Waals surface area contributed by atoms with E-state index in [9.17, 15) is 18.0 Å². The molecule has 0 spiro atoms. The molecule has 0 aliphatic carbocycles. The van der Waals surface area contributed by atoms with Gasteiger partial charge in [-0.2, -0.15) is 18.3 Å². The number of alkyl halides is 3. The standard InChI is InChI=1S/C24H15ClF3N7O2/c25-18-5-4-15(11-17(18)24(26,27)28)34-23(36)33-14-2-1-3-16(10-14)37-22-12-19(30-13-31-22)20-6-8-29-21-7-9-32-35(20)21/h1-13H,(H2,33,34,36). The van der Waals surface area contributed by atoms with Crippen molar-refractivity contribution in [2.45, 2.75) is 6.18 Å². The fourth-order valence-electron chi connectivity index (χ4n) is 3.44. The highest BCUT2D eigenvalue weighted by Gasteiger charge is 2.33. The number of hydrogen-bond donors (Lipinski definition) is 2. The van der Waals surface area contributed by atoms with Crippen LogP contribution in [-0.4, -0.2) is 30.6 Å². The number of benzene rings is 2. The minimum atomic E-state index is -4.65. The van der Waals surface area contributed by atoms with E-state index in [2.05, 4.69) is 30.7 Å². The first-order valence-electron chi connectivity index (χ1n) is 10.6. The van der Waals surface area contributed by atoms with Crippen LogP contribution < -0.4 is 15.4 Å². The molecule has 2 aromatic carbocycles. The third-order valence-electron chi connectivity index (χ3n) is 5.04. The number of ether oxygens (including phenoxy) is 1. The van der Waals surface area contributed by atoms with E-state index in [0.29, 0.717) is 28.5 Å². The predicted molar refractivity (Wildman–Crippen MR) is 130 cm³/mol. The van der Waals surface area contributed by atoms with Gasteiger partial charge in [0, 0.05) is 35.8 Å². The Labute approximate surface area is 211 Å². The molecule has 3 heterocycles. The minimum absolute atomic E-state index is 0.0717. The quantitative estimate of drug-likeness (QED) is 0.279. The highest BCUT2D eigenvalue weighted by molar-refractivity contribution is 6.31. The summed E-state index contributed by atoms with van der Waals surface area (Å²) in [5.41, 5.74) is 1.11. The van der Waals surface area contributed by atoms with Crippen molar-refractivity contribution in [2.24, 2.45) is 0 Å². The fourth-order valence-corrected chi connectivity index (χ4v) is 3.66. The van der Waals surface area contributed by atoms with Crippen LogP contribution in [0.2, 0.25) is 5.02 Å². The van der Waals surface area contributed by atoms with E-state index in [-0.39, 0.29) is 11.6 Å². The van der Waals surface area contributed by atoms with Gasteiger partial charge in [-0.15, -0.1) is 0 Å². The van der Waals surface area contributed by atoms with E-state index in [1.54, 1.807) is 53.3 Å². The molecule has 0 aliphatic rings. The van der Waals surface area contributed by atoms with Crippen LogP contribution in [0.3, 0.4) is 0 Å². The first-order chi connectivity index (χ1) is 17.8. The number of nitrogens with zero attached hydrogens (tertiary/aromatic N) is 5. The van der Waals surface area contributed by atoms with Crippen molar-refractivity contribution in [3.05, 3.63) is 90.0 Å². The molecule has 9 nitrogen and oxygen atoms in total. The molecular weight excluding hydrogens is 511 g/mol. The Kier molecular flexibility index (Phi) is 6.32. The SMILES string of the molecule is O=C(Nc1cccc(Oc2cc(-c3ccnc4ccnn34)ncn2)c1)Nc1ccc(Cl)c(C(F)(F)F)c1. The highest BCUT2D eigenvalue weighted by atomic mass is 35.5. The Morgan fingerprint density at radius 3 is 2.54 bits per heavy atom. The summed E-state index contributed by atoms with van der Waals surface area (Å²) in [5.74, 6) is 0.594. The number of carbonyl (C=O) groups excluding carboxylic acids is 1. The Bertz CT molecular complexity index is 1610. The second-order valence-electron chi connectivity index (χ2n) is 7.57. The largest absolute Gasteiger partial charge is 0.439 e. The monoisotopic (exact) mass is 525 g/mol. The molecule has 3 aromatic heterocycles. The van der Waals surface area contributed by atoms with E-state index in [1.165, 1.54) is 18.5 Å². The first kappa shape index (κ1) is 24.0. The van der Waals surface area contributed by atoms with Crippen molar-refractivity contribution in [3.8, 4) is 23.0 Å². The smallest absolute Gasteiger partial charge is 0.417 e. The van der Waals surface area contributed by atoms with Gasteiger partial charge >= 0.3 is 12.2 Å². The van der Waals surface area contributed by atoms with Gasteiger partial charge < -0.3 is 15.4 Å². The van der Waals surface area contributed by atoms with Crippen molar-refractivity contribution < 1.29 is 22.7 Å². The summed E-state index contributed by atoms with van der Waals surface area (Å²) in [7, 11) is 0. The van der Waals surface area contributed by atoms with Gasteiger partial charge in [0.15, 0.2) is 5.65 Å². The molecule has 0 radical (unpaired) electrons. The van der Waals surface area contributed by atoms with E-state index < -0.39 is 22.8 Å². The van der Waals surface area contributed by atoms with Gasteiger partial charge in [0.1, 0.15) is 12.1 Å². The molecule has 13 heteroatoms. The molecule has 0 saturated heterocycles. The Balaban J connectivity index is 1.29. The van der Waals surface area contributed by atoms with Gasteiger partial charge in [0.2, 0.25) is 5.88 Å². The fraction of sp³-hybridized carbons (Fsp3) is 0.0417. The number of amides is 2. The van der Waals surface area contributed by atoms with Gasteiger partial charge in [0.25, 0.3) is 0 Å². The number of anilines is 2. The molecule has 0 aliphatic heterocycles. The van der Waals surface area contributed by atoms with Gasteiger partial charge in [-0.3, -0.25) is 0 Å². The van der Waals surface area contributed by atoms with Crippen molar-refractivity contribution in [1.82, 2.24) is 24.6 Å². The van der Waals surface area contributed by atoms with Crippen LogP contribution in [0.4, 0.5) is 29.3 Å². The molecule has 0 bridgehead atoms. The van der Waals surface area contributed by atoms with Crippen LogP contribution in [0.15, 0.2) is 79.4 Å². The average Bonchev–Trinajstić information content (AvgIpc) is 3.34. The zero-order valence-electron chi connectivity index (χ0n) is 18.6. The van der Waals surface area contributed by atoms with E-state index in [4.69, 9.17) is 16.3 Å². The molecule has 0 fully saturated rings. The number of halogens is 4. The Morgan fingerprint density at radius 2 is 1.73 bits per heavy atom. The number of nitrogens with one attached hydrogen (secondary N) is 2.